The van der Waals surface area contributed by atoms with Crippen LogP contribution in [0.5, 0.6) is 0 Å². The molecule has 0 aliphatic carbocycles. The van der Waals surface area contributed by atoms with Crippen molar-refractivity contribution in [2.24, 2.45) is 0 Å². The number of amides is 1. The molecule has 336 valence electrons. The molecule has 0 aliphatic heterocycles. The molecule has 0 aromatic rings. The molecule has 4 N–H and O–H groups in total. The maximum atomic E-state index is 12.3. The standard InChI is InChI=1S/C47H78NO10P/c1-3-5-7-9-11-13-15-17-19-21-22-23-24-26-28-30-32-34-36-38-45(50)48-44(47(52)53)42-58-59(54,55)57-41-43(49)40-56-46(51)39-37-35-33-31-29-27-25-20-18-16-14-12-10-8-6-4-2/h5,7,11,13-14,16-17,19-20,22-23,25-26,28,43-44,49H,3-4,6,8-10,12,15,18,21,24,27,29-42H2,1-2H3,(H,48,50)(H,52,53)(H,54,55)/b7-5-,13-11-,16-14-,19-17-,23-22-,25-20-,28-26-. The first-order valence-corrected chi connectivity index (χ1v) is 23.6. The number of phosphoric acid groups is 1. The van der Waals surface area contributed by atoms with Gasteiger partial charge in [-0.15, -0.1) is 0 Å². The predicted molar refractivity (Wildman–Crippen MR) is 240 cm³/mol. The van der Waals surface area contributed by atoms with Gasteiger partial charge in [0.05, 0.1) is 13.2 Å². The van der Waals surface area contributed by atoms with Crippen LogP contribution in [0.1, 0.15) is 162 Å². The van der Waals surface area contributed by atoms with Crippen LogP contribution < -0.4 is 5.32 Å². The second-order valence-electron chi connectivity index (χ2n) is 14.5. The number of nitrogens with one attached hydrogen (secondary N) is 1. The molecule has 12 heteroatoms. The fraction of sp³-hybridized carbons (Fsp3) is 0.638. The number of ether oxygens (including phenoxy) is 1. The molecule has 3 atom stereocenters. The Morgan fingerprint density at radius 2 is 0.983 bits per heavy atom. The van der Waals surface area contributed by atoms with E-state index in [1.807, 2.05) is 0 Å². The Morgan fingerprint density at radius 3 is 1.49 bits per heavy atom. The number of carbonyl (C=O) groups excluding carboxylic acids is 2. The van der Waals surface area contributed by atoms with Gasteiger partial charge in [0.15, 0.2) is 6.04 Å². The van der Waals surface area contributed by atoms with Crippen molar-refractivity contribution in [1.29, 1.82) is 0 Å². The lowest BCUT2D eigenvalue weighted by molar-refractivity contribution is -0.147. The lowest BCUT2D eigenvalue weighted by Gasteiger charge is -2.18. The van der Waals surface area contributed by atoms with Crippen molar-refractivity contribution in [3.63, 3.8) is 0 Å². The number of phosphoric ester groups is 1. The highest BCUT2D eigenvalue weighted by Gasteiger charge is 2.28. The molecular formula is C47H78NO10P. The van der Waals surface area contributed by atoms with E-state index >= 15 is 0 Å². The smallest absolute Gasteiger partial charge is 0.472 e. The van der Waals surface area contributed by atoms with E-state index in [-0.39, 0.29) is 12.8 Å². The first-order valence-electron chi connectivity index (χ1n) is 22.1. The number of unbranched alkanes of at least 4 members (excludes halogenated alkanes) is 12. The van der Waals surface area contributed by atoms with Crippen LogP contribution in [0.4, 0.5) is 0 Å². The molecule has 0 spiro atoms. The molecule has 0 aliphatic rings. The van der Waals surface area contributed by atoms with Crippen LogP contribution in [-0.4, -0.2) is 64.9 Å². The molecular weight excluding hydrogens is 769 g/mol. The van der Waals surface area contributed by atoms with E-state index < -0.39 is 57.6 Å². The first-order chi connectivity index (χ1) is 28.6. The fourth-order valence-corrected chi connectivity index (χ4v) is 6.26. The van der Waals surface area contributed by atoms with Gasteiger partial charge in [0, 0.05) is 12.8 Å². The molecule has 0 radical (unpaired) electrons. The summed E-state index contributed by atoms with van der Waals surface area (Å²) in [5, 5.41) is 21.8. The van der Waals surface area contributed by atoms with Crippen LogP contribution in [0.25, 0.3) is 0 Å². The maximum Gasteiger partial charge on any atom is 0.472 e. The number of aliphatic hydroxyl groups excluding tert-OH is 1. The molecule has 0 aromatic heterocycles. The SMILES string of the molecule is CC/C=C\C/C=C\C/C=C\C/C=C\C/C=C\CCCCCC(=O)NC(COP(=O)(O)OCC(O)COC(=O)CCCCCCC/C=C\C/C=C\CCCCCC)C(=O)O. The molecule has 11 nitrogen and oxygen atoms in total. The zero-order valence-corrected chi connectivity index (χ0v) is 37.2. The Kier molecular flexibility index (Phi) is 39.1. The first kappa shape index (κ1) is 55.7. The monoisotopic (exact) mass is 848 g/mol. The average molecular weight is 848 g/mol. The Labute approximate surface area is 356 Å². The third-order valence-corrected chi connectivity index (χ3v) is 9.87. The summed E-state index contributed by atoms with van der Waals surface area (Å²) in [7, 11) is -4.78. The number of carboxylic acids is 1. The molecule has 59 heavy (non-hydrogen) atoms. The number of rotatable bonds is 40. The highest BCUT2D eigenvalue weighted by atomic mass is 31.2. The van der Waals surface area contributed by atoms with Gasteiger partial charge in [-0.3, -0.25) is 18.6 Å². The molecule has 0 saturated carbocycles. The van der Waals surface area contributed by atoms with E-state index in [1.165, 1.54) is 25.7 Å². The zero-order chi connectivity index (χ0) is 43.5. The van der Waals surface area contributed by atoms with Crippen molar-refractivity contribution >= 4 is 25.7 Å². The number of aliphatic carboxylic acids is 1. The topological polar surface area (TPSA) is 169 Å². The van der Waals surface area contributed by atoms with Crippen molar-refractivity contribution in [1.82, 2.24) is 5.32 Å². The van der Waals surface area contributed by atoms with Crippen molar-refractivity contribution in [3.05, 3.63) is 85.1 Å². The third-order valence-electron chi connectivity index (χ3n) is 8.92. The lowest BCUT2D eigenvalue weighted by atomic mass is 10.1. The number of carboxylic acid groups (broad SMARTS) is 1. The van der Waals surface area contributed by atoms with Gasteiger partial charge >= 0.3 is 19.8 Å². The Morgan fingerprint density at radius 1 is 0.559 bits per heavy atom. The fourth-order valence-electron chi connectivity index (χ4n) is 5.49. The van der Waals surface area contributed by atoms with Gasteiger partial charge in [0.1, 0.15) is 12.7 Å². The van der Waals surface area contributed by atoms with E-state index in [4.69, 9.17) is 13.8 Å². The molecule has 1 amide bonds. The summed E-state index contributed by atoms with van der Waals surface area (Å²) in [6, 6.07) is -1.57. The summed E-state index contributed by atoms with van der Waals surface area (Å²) in [5.74, 6) is -2.45. The summed E-state index contributed by atoms with van der Waals surface area (Å²) >= 11 is 0. The minimum Gasteiger partial charge on any atom is -0.480 e. The molecule has 3 unspecified atom stereocenters. The summed E-state index contributed by atoms with van der Waals surface area (Å²) in [6.45, 7) is 2.41. The number of aliphatic hydroxyl groups is 1. The van der Waals surface area contributed by atoms with Crippen LogP contribution in [0.15, 0.2) is 85.1 Å². The second-order valence-corrected chi connectivity index (χ2v) is 16.0. The van der Waals surface area contributed by atoms with Gasteiger partial charge < -0.3 is 25.2 Å². The van der Waals surface area contributed by atoms with Gasteiger partial charge in [-0.1, -0.05) is 144 Å². The summed E-state index contributed by atoms with van der Waals surface area (Å²) in [5.41, 5.74) is 0. The van der Waals surface area contributed by atoms with E-state index in [1.54, 1.807) is 0 Å². The molecule has 0 heterocycles. The third kappa shape index (κ3) is 41.2. The van der Waals surface area contributed by atoms with Gasteiger partial charge in [0.2, 0.25) is 5.91 Å². The van der Waals surface area contributed by atoms with Crippen molar-refractivity contribution in [2.75, 3.05) is 19.8 Å². The number of hydrogen-bond donors (Lipinski definition) is 4. The van der Waals surface area contributed by atoms with Crippen LogP contribution in [0.3, 0.4) is 0 Å². The number of allylic oxidation sites excluding steroid dienone is 14. The van der Waals surface area contributed by atoms with Crippen LogP contribution in [-0.2, 0) is 32.7 Å². The lowest BCUT2D eigenvalue weighted by Crippen LogP contribution is -2.43. The van der Waals surface area contributed by atoms with Gasteiger partial charge in [0.25, 0.3) is 0 Å². The quantitative estimate of drug-likeness (QED) is 0.0201. The van der Waals surface area contributed by atoms with Crippen LogP contribution in [0.2, 0.25) is 0 Å². The molecule has 0 aromatic carbocycles. The van der Waals surface area contributed by atoms with Crippen molar-refractivity contribution in [3.8, 4) is 0 Å². The Hall–Kier alpha value is -3.34. The van der Waals surface area contributed by atoms with Crippen LogP contribution >= 0.6 is 7.82 Å². The van der Waals surface area contributed by atoms with Crippen LogP contribution in [0, 0.1) is 0 Å². The maximum absolute atomic E-state index is 12.3. The summed E-state index contributed by atoms with van der Waals surface area (Å²) in [4.78, 5) is 45.9. The predicted octanol–water partition coefficient (Wildman–Crippen LogP) is 11.5. The summed E-state index contributed by atoms with van der Waals surface area (Å²) < 4.78 is 26.8. The number of esters is 1. The van der Waals surface area contributed by atoms with Gasteiger partial charge in [-0.25, -0.2) is 9.36 Å². The minimum atomic E-state index is -4.78. The molecule has 0 fully saturated rings. The highest BCUT2D eigenvalue weighted by Crippen LogP contribution is 2.43. The van der Waals surface area contributed by atoms with E-state index in [0.29, 0.717) is 12.8 Å². The van der Waals surface area contributed by atoms with Crippen molar-refractivity contribution < 1.29 is 47.8 Å². The van der Waals surface area contributed by atoms with Gasteiger partial charge in [-0.05, 0) is 89.9 Å². The van der Waals surface area contributed by atoms with E-state index in [9.17, 15) is 34.1 Å². The highest BCUT2D eigenvalue weighted by molar-refractivity contribution is 7.47. The summed E-state index contributed by atoms with van der Waals surface area (Å²) in [6.07, 6.45) is 50.3. The Balaban J connectivity index is 4.00. The normalized spacial score (nSPS) is 14.5. The molecule has 0 saturated heterocycles. The number of hydrogen-bond acceptors (Lipinski definition) is 8. The van der Waals surface area contributed by atoms with E-state index in [0.717, 1.165) is 96.3 Å². The van der Waals surface area contributed by atoms with E-state index in [2.05, 4.69) is 104 Å². The zero-order valence-electron chi connectivity index (χ0n) is 36.3. The van der Waals surface area contributed by atoms with Gasteiger partial charge in [-0.2, -0.15) is 0 Å². The second kappa shape index (κ2) is 41.4. The molecule has 0 bridgehead atoms. The largest absolute Gasteiger partial charge is 0.480 e. The number of carbonyl (C=O) groups is 3. The average Bonchev–Trinajstić information content (AvgIpc) is 3.21. The minimum absolute atomic E-state index is 0.100. The van der Waals surface area contributed by atoms with Crippen molar-refractivity contribution in [2.45, 2.75) is 174 Å². The Bertz CT molecular complexity index is 1320. The molecule has 0 rings (SSSR count).